The van der Waals surface area contributed by atoms with Gasteiger partial charge in [0.1, 0.15) is 4.90 Å². The van der Waals surface area contributed by atoms with Crippen molar-refractivity contribution in [1.82, 2.24) is 0 Å². The van der Waals surface area contributed by atoms with E-state index in [1.807, 2.05) is 0 Å². The molecule has 0 bridgehead atoms. The van der Waals surface area contributed by atoms with E-state index < -0.39 is 31.3 Å². The molecule has 0 radical (unpaired) electrons. The van der Waals surface area contributed by atoms with Gasteiger partial charge in [-0.1, -0.05) is 18.2 Å². The molecule has 8 heteroatoms. The van der Waals surface area contributed by atoms with Gasteiger partial charge in [-0.05, 0) is 24.3 Å². The summed E-state index contributed by atoms with van der Waals surface area (Å²) in [6, 6.07) is 10.9. The van der Waals surface area contributed by atoms with Crippen molar-refractivity contribution >= 4 is 27.1 Å². The maximum absolute atomic E-state index is 12.5. The van der Waals surface area contributed by atoms with E-state index in [2.05, 4.69) is 5.32 Å². The first kappa shape index (κ1) is 15.6. The molecule has 0 spiro atoms. The van der Waals surface area contributed by atoms with Crippen LogP contribution in [0.5, 0.6) is 0 Å². The molecule has 0 aliphatic rings. The number of nitrogens with one attached hydrogen (secondary N) is 1. The second-order valence-electron chi connectivity index (χ2n) is 4.44. The van der Waals surface area contributed by atoms with Crippen LogP contribution >= 0.6 is 0 Å². The van der Waals surface area contributed by atoms with Gasteiger partial charge in [0.15, 0.2) is 0 Å². The summed E-state index contributed by atoms with van der Waals surface area (Å²) in [5, 5.41) is 13.5. The summed E-state index contributed by atoms with van der Waals surface area (Å²) in [4.78, 5) is 20.9. The second kappa shape index (κ2) is 5.94. The van der Waals surface area contributed by atoms with Gasteiger partial charge in [0.05, 0.1) is 9.82 Å². The molecule has 1 amide bonds. The second-order valence-corrected chi connectivity index (χ2v) is 6.36. The average Bonchev–Trinajstić information content (AvgIpc) is 2.47. The van der Waals surface area contributed by atoms with Crippen LogP contribution in [0.2, 0.25) is 0 Å². The fourth-order valence-corrected chi connectivity index (χ4v) is 3.32. The summed E-state index contributed by atoms with van der Waals surface area (Å²) in [5.74, 6) is -0.409. The molecule has 0 aromatic heterocycles. The average molecular weight is 320 g/mol. The van der Waals surface area contributed by atoms with Crippen molar-refractivity contribution in [2.24, 2.45) is 0 Å². The van der Waals surface area contributed by atoms with E-state index in [-0.39, 0.29) is 10.6 Å². The van der Waals surface area contributed by atoms with Crippen LogP contribution in [0.15, 0.2) is 58.3 Å². The molecular weight excluding hydrogens is 308 g/mol. The number of anilines is 1. The van der Waals surface area contributed by atoms with Crippen LogP contribution in [0.3, 0.4) is 0 Å². The van der Waals surface area contributed by atoms with Crippen molar-refractivity contribution < 1.29 is 18.1 Å². The maximum Gasteiger partial charge on any atom is 0.290 e. The molecule has 0 fully saturated rings. The molecule has 0 aliphatic carbocycles. The fraction of sp³-hybridized carbons (Fsp3) is 0.0714. The molecule has 0 heterocycles. The molecule has 0 saturated heterocycles. The standard InChI is InChI=1S/C14H12N2O5S/c1-10(17)15-11-7-8-14(13(9-11)16(18)19)22(20,21)12-5-3-2-4-6-12/h2-9H,1H3,(H,15,17). The first-order valence-corrected chi connectivity index (χ1v) is 7.67. The molecule has 0 unspecified atom stereocenters. The van der Waals surface area contributed by atoms with Crippen LogP contribution in [-0.4, -0.2) is 19.2 Å². The zero-order valence-corrected chi connectivity index (χ0v) is 12.3. The zero-order valence-electron chi connectivity index (χ0n) is 11.5. The third-order valence-corrected chi connectivity index (χ3v) is 4.64. The van der Waals surface area contributed by atoms with Crippen molar-refractivity contribution in [3.63, 3.8) is 0 Å². The van der Waals surface area contributed by atoms with E-state index in [0.717, 1.165) is 12.1 Å². The lowest BCUT2D eigenvalue weighted by molar-refractivity contribution is -0.387. The highest BCUT2D eigenvalue weighted by Gasteiger charge is 2.27. The molecule has 114 valence electrons. The van der Waals surface area contributed by atoms with Gasteiger partial charge in [0, 0.05) is 18.7 Å². The summed E-state index contributed by atoms with van der Waals surface area (Å²) in [7, 11) is -4.01. The number of sulfone groups is 1. The van der Waals surface area contributed by atoms with E-state index in [1.165, 1.54) is 37.3 Å². The lowest BCUT2D eigenvalue weighted by Crippen LogP contribution is -2.09. The Balaban J connectivity index is 2.60. The number of carbonyl (C=O) groups is 1. The molecular formula is C14H12N2O5S. The third kappa shape index (κ3) is 3.12. The van der Waals surface area contributed by atoms with Gasteiger partial charge in [-0.25, -0.2) is 8.42 Å². The number of nitro groups is 1. The minimum atomic E-state index is -4.01. The van der Waals surface area contributed by atoms with Crippen molar-refractivity contribution in [3.05, 3.63) is 58.6 Å². The molecule has 22 heavy (non-hydrogen) atoms. The summed E-state index contributed by atoms with van der Waals surface area (Å²) in [6.07, 6.45) is 0. The van der Waals surface area contributed by atoms with E-state index in [4.69, 9.17) is 0 Å². The SMILES string of the molecule is CC(=O)Nc1ccc(S(=O)(=O)c2ccccc2)c([N+](=O)[O-])c1. The van der Waals surface area contributed by atoms with Gasteiger partial charge < -0.3 is 5.32 Å². The summed E-state index contributed by atoms with van der Waals surface area (Å²) >= 11 is 0. The number of hydrogen-bond acceptors (Lipinski definition) is 5. The minimum Gasteiger partial charge on any atom is -0.326 e. The van der Waals surface area contributed by atoms with Gasteiger partial charge >= 0.3 is 0 Å². The van der Waals surface area contributed by atoms with E-state index in [1.54, 1.807) is 6.07 Å². The van der Waals surface area contributed by atoms with Crippen LogP contribution < -0.4 is 5.32 Å². The molecule has 2 aromatic rings. The number of nitro benzene ring substituents is 1. The van der Waals surface area contributed by atoms with Crippen molar-refractivity contribution in [1.29, 1.82) is 0 Å². The minimum absolute atomic E-state index is 0.0367. The number of carbonyl (C=O) groups excluding carboxylic acids is 1. The summed E-state index contributed by atoms with van der Waals surface area (Å²) in [5.41, 5.74) is -0.429. The lowest BCUT2D eigenvalue weighted by atomic mass is 10.3. The molecule has 0 atom stereocenters. The first-order chi connectivity index (χ1) is 10.3. The van der Waals surface area contributed by atoms with Gasteiger partial charge in [-0.3, -0.25) is 14.9 Å². The zero-order chi connectivity index (χ0) is 16.3. The normalized spacial score (nSPS) is 11.0. The first-order valence-electron chi connectivity index (χ1n) is 6.18. The maximum atomic E-state index is 12.5. The van der Waals surface area contributed by atoms with Gasteiger partial charge in [-0.2, -0.15) is 0 Å². The Hall–Kier alpha value is -2.74. The van der Waals surface area contributed by atoms with Gasteiger partial charge in [0.25, 0.3) is 5.69 Å². The third-order valence-electron chi connectivity index (χ3n) is 2.82. The molecule has 1 N–H and O–H groups in total. The highest BCUT2D eigenvalue weighted by molar-refractivity contribution is 7.91. The predicted octanol–water partition coefficient (Wildman–Crippen LogP) is 2.39. The number of hydrogen-bond donors (Lipinski definition) is 1. The fourth-order valence-electron chi connectivity index (χ4n) is 1.89. The van der Waals surface area contributed by atoms with Crippen LogP contribution in [-0.2, 0) is 14.6 Å². The van der Waals surface area contributed by atoms with Crippen LogP contribution in [0, 0.1) is 10.1 Å². The van der Waals surface area contributed by atoms with Gasteiger partial charge in [0.2, 0.25) is 15.7 Å². The number of rotatable bonds is 4. The predicted molar refractivity (Wildman–Crippen MR) is 79.3 cm³/mol. The Labute approximate surface area is 126 Å². The van der Waals surface area contributed by atoms with Crippen LogP contribution in [0.1, 0.15) is 6.92 Å². The quantitative estimate of drug-likeness (QED) is 0.687. The number of nitrogens with zero attached hydrogens (tertiary/aromatic N) is 1. The number of amides is 1. The molecule has 7 nitrogen and oxygen atoms in total. The van der Waals surface area contributed by atoms with Crippen LogP contribution in [0.25, 0.3) is 0 Å². The Morgan fingerprint density at radius 2 is 1.77 bits per heavy atom. The van der Waals surface area contributed by atoms with E-state index in [9.17, 15) is 23.3 Å². The Bertz CT molecular complexity index is 832. The van der Waals surface area contributed by atoms with E-state index >= 15 is 0 Å². The highest BCUT2D eigenvalue weighted by atomic mass is 32.2. The van der Waals surface area contributed by atoms with E-state index in [0.29, 0.717) is 0 Å². The number of benzene rings is 2. The Morgan fingerprint density at radius 1 is 1.14 bits per heavy atom. The summed E-state index contributed by atoms with van der Waals surface area (Å²) < 4.78 is 25.0. The molecule has 2 aromatic carbocycles. The molecule has 2 rings (SSSR count). The van der Waals surface area contributed by atoms with Crippen LogP contribution in [0.4, 0.5) is 11.4 Å². The topological polar surface area (TPSA) is 106 Å². The van der Waals surface area contributed by atoms with Crippen molar-refractivity contribution in [2.45, 2.75) is 16.7 Å². The molecule has 0 saturated carbocycles. The van der Waals surface area contributed by atoms with Crippen molar-refractivity contribution in [2.75, 3.05) is 5.32 Å². The largest absolute Gasteiger partial charge is 0.326 e. The molecule has 0 aliphatic heterocycles. The Morgan fingerprint density at radius 3 is 2.32 bits per heavy atom. The Kier molecular flexibility index (Phi) is 4.22. The van der Waals surface area contributed by atoms with Crippen molar-refractivity contribution in [3.8, 4) is 0 Å². The monoisotopic (exact) mass is 320 g/mol. The lowest BCUT2D eigenvalue weighted by Gasteiger charge is -2.07. The van der Waals surface area contributed by atoms with Gasteiger partial charge in [-0.15, -0.1) is 0 Å². The smallest absolute Gasteiger partial charge is 0.290 e. The summed E-state index contributed by atoms with van der Waals surface area (Å²) in [6.45, 7) is 1.25. The highest BCUT2D eigenvalue weighted by Crippen LogP contribution is 2.31.